The van der Waals surface area contributed by atoms with E-state index >= 15 is 0 Å². The fraction of sp³-hybridized carbons (Fsp3) is 0.667. The van der Waals surface area contributed by atoms with Crippen LogP contribution in [0, 0.1) is 5.41 Å². The molecular weight excluding hydrogens is 216 g/mol. The number of hydrogen-bond donors (Lipinski definition) is 1. The molecule has 0 spiro atoms. The molecule has 1 unspecified atom stereocenters. The van der Waals surface area contributed by atoms with Crippen LogP contribution in [0.5, 0.6) is 0 Å². The lowest BCUT2D eigenvalue weighted by molar-refractivity contribution is 0.0619. The third-order valence-electron chi connectivity index (χ3n) is 3.32. The van der Waals surface area contributed by atoms with Crippen LogP contribution in [0.15, 0.2) is 6.20 Å². The summed E-state index contributed by atoms with van der Waals surface area (Å²) in [5.41, 5.74) is 6.65. The first-order chi connectivity index (χ1) is 7.66. The van der Waals surface area contributed by atoms with E-state index in [2.05, 4.69) is 25.9 Å². The molecular formula is C12H22N4O. The molecule has 1 aromatic heterocycles. The Bertz CT molecular complexity index is 397. The van der Waals surface area contributed by atoms with Gasteiger partial charge in [0, 0.05) is 20.1 Å². The van der Waals surface area contributed by atoms with E-state index in [-0.39, 0.29) is 17.4 Å². The molecule has 1 rings (SSSR count). The minimum Gasteiger partial charge on any atom is -0.396 e. The number of aromatic nitrogens is 2. The van der Waals surface area contributed by atoms with Crippen molar-refractivity contribution in [2.24, 2.45) is 12.5 Å². The molecule has 0 bridgehead atoms. The lowest BCUT2D eigenvalue weighted by atomic mass is 9.87. The second kappa shape index (κ2) is 4.39. The van der Waals surface area contributed by atoms with Gasteiger partial charge in [-0.3, -0.25) is 9.48 Å². The van der Waals surface area contributed by atoms with Crippen LogP contribution in [0.3, 0.4) is 0 Å². The molecule has 1 atom stereocenters. The van der Waals surface area contributed by atoms with Gasteiger partial charge in [-0.15, -0.1) is 0 Å². The highest BCUT2D eigenvalue weighted by molar-refractivity contribution is 5.97. The maximum absolute atomic E-state index is 12.3. The lowest BCUT2D eigenvalue weighted by Gasteiger charge is -2.35. The van der Waals surface area contributed by atoms with Crippen LogP contribution in [0.25, 0.3) is 0 Å². The van der Waals surface area contributed by atoms with Crippen molar-refractivity contribution >= 4 is 11.6 Å². The van der Waals surface area contributed by atoms with Crippen LogP contribution in [-0.4, -0.2) is 33.7 Å². The minimum absolute atomic E-state index is 0.0256. The third kappa shape index (κ3) is 2.60. The second-order valence-corrected chi connectivity index (χ2v) is 5.53. The van der Waals surface area contributed by atoms with Gasteiger partial charge in [-0.2, -0.15) is 5.10 Å². The van der Waals surface area contributed by atoms with E-state index in [1.54, 1.807) is 19.0 Å². The maximum atomic E-state index is 12.3. The molecule has 0 saturated carbocycles. The number of rotatable bonds is 2. The van der Waals surface area contributed by atoms with Gasteiger partial charge in [0.25, 0.3) is 5.91 Å². The summed E-state index contributed by atoms with van der Waals surface area (Å²) in [6, 6.07) is 0.115. The van der Waals surface area contributed by atoms with Crippen LogP contribution < -0.4 is 5.73 Å². The minimum atomic E-state index is -0.0927. The number of anilines is 1. The Morgan fingerprint density at radius 1 is 1.53 bits per heavy atom. The number of hydrogen-bond acceptors (Lipinski definition) is 3. The first-order valence-corrected chi connectivity index (χ1v) is 5.71. The molecule has 1 aromatic rings. The summed E-state index contributed by atoms with van der Waals surface area (Å²) in [5.74, 6) is -0.0927. The van der Waals surface area contributed by atoms with Crippen molar-refractivity contribution in [1.29, 1.82) is 0 Å². The van der Waals surface area contributed by atoms with Crippen molar-refractivity contribution in [3.05, 3.63) is 11.9 Å². The van der Waals surface area contributed by atoms with Crippen LogP contribution in [-0.2, 0) is 7.05 Å². The van der Waals surface area contributed by atoms with Gasteiger partial charge < -0.3 is 10.6 Å². The van der Waals surface area contributed by atoms with Gasteiger partial charge >= 0.3 is 0 Å². The van der Waals surface area contributed by atoms with E-state index in [0.29, 0.717) is 11.4 Å². The Morgan fingerprint density at radius 2 is 2.06 bits per heavy atom. The van der Waals surface area contributed by atoms with E-state index in [9.17, 15) is 4.79 Å². The molecule has 0 fully saturated rings. The molecule has 0 aromatic carbocycles. The smallest absolute Gasteiger partial charge is 0.274 e. The molecule has 0 aliphatic carbocycles. The summed E-state index contributed by atoms with van der Waals surface area (Å²) in [6.07, 6.45) is 1.50. The topological polar surface area (TPSA) is 64.2 Å². The molecule has 96 valence electrons. The van der Waals surface area contributed by atoms with Gasteiger partial charge in [0.05, 0.1) is 11.9 Å². The van der Waals surface area contributed by atoms with Crippen LogP contribution >= 0.6 is 0 Å². The summed E-state index contributed by atoms with van der Waals surface area (Å²) in [4.78, 5) is 14.0. The summed E-state index contributed by atoms with van der Waals surface area (Å²) < 4.78 is 1.52. The fourth-order valence-electron chi connectivity index (χ4n) is 1.64. The van der Waals surface area contributed by atoms with Gasteiger partial charge in [0.1, 0.15) is 5.69 Å². The first kappa shape index (κ1) is 13.5. The van der Waals surface area contributed by atoms with Crippen molar-refractivity contribution in [3.8, 4) is 0 Å². The van der Waals surface area contributed by atoms with E-state index in [1.807, 2.05) is 6.92 Å². The van der Waals surface area contributed by atoms with Gasteiger partial charge in [-0.1, -0.05) is 20.8 Å². The third-order valence-corrected chi connectivity index (χ3v) is 3.32. The Hall–Kier alpha value is -1.52. The SMILES string of the molecule is CC(N(C)C(=O)c1c(N)cnn1C)C(C)(C)C. The number of aryl methyl sites for hydroxylation is 1. The summed E-state index contributed by atoms with van der Waals surface area (Å²) >= 11 is 0. The van der Waals surface area contributed by atoms with Gasteiger partial charge in [-0.05, 0) is 12.3 Å². The monoisotopic (exact) mass is 238 g/mol. The quantitative estimate of drug-likeness (QED) is 0.849. The van der Waals surface area contributed by atoms with E-state index < -0.39 is 0 Å². The highest BCUT2D eigenvalue weighted by Gasteiger charge is 2.29. The summed E-state index contributed by atoms with van der Waals surface area (Å²) in [7, 11) is 3.52. The number of carbonyl (C=O) groups excluding carboxylic acids is 1. The molecule has 5 nitrogen and oxygen atoms in total. The van der Waals surface area contributed by atoms with Crippen molar-refractivity contribution in [1.82, 2.24) is 14.7 Å². The van der Waals surface area contributed by atoms with Crippen molar-refractivity contribution < 1.29 is 4.79 Å². The Kier molecular flexibility index (Phi) is 3.50. The number of nitrogen functional groups attached to an aromatic ring is 1. The molecule has 0 aliphatic heterocycles. The number of carbonyl (C=O) groups is 1. The fourth-order valence-corrected chi connectivity index (χ4v) is 1.64. The molecule has 0 saturated heterocycles. The molecule has 0 aliphatic rings. The highest BCUT2D eigenvalue weighted by atomic mass is 16.2. The molecule has 1 amide bonds. The van der Waals surface area contributed by atoms with E-state index in [0.717, 1.165) is 0 Å². The largest absolute Gasteiger partial charge is 0.396 e. The van der Waals surface area contributed by atoms with Crippen LogP contribution in [0.4, 0.5) is 5.69 Å². The Labute approximate surface area is 103 Å². The molecule has 5 heteroatoms. The number of nitrogens with zero attached hydrogens (tertiary/aromatic N) is 3. The Balaban J connectivity index is 2.99. The first-order valence-electron chi connectivity index (χ1n) is 5.71. The van der Waals surface area contributed by atoms with Crippen molar-refractivity contribution in [2.45, 2.75) is 33.7 Å². The molecule has 1 heterocycles. The predicted molar refractivity (Wildman–Crippen MR) is 68.6 cm³/mol. The normalized spacial score (nSPS) is 13.5. The highest BCUT2D eigenvalue weighted by Crippen LogP contribution is 2.25. The van der Waals surface area contributed by atoms with E-state index in [4.69, 9.17) is 5.73 Å². The zero-order valence-corrected chi connectivity index (χ0v) is 11.5. The second-order valence-electron chi connectivity index (χ2n) is 5.53. The molecule has 2 N–H and O–H groups in total. The van der Waals surface area contributed by atoms with Crippen molar-refractivity contribution in [2.75, 3.05) is 12.8 Å². The molecule has 17 heavy (non-hydrogen) atoms. The van der Waals surface area contributed by atoms with Crippen LogP contribution in [0.2, 0.25) is 0 Å². The lowest BCUT2D eigenvalue weighted by Crippen LogP contribution is -2.43. The number of amides is 1. The van der Waals surface area contributed by atoms with Gasteiger partial charge in [-0.25, -0.2) is 0 Å². The maximum Gasteiger partial charge on any atom is 0.274 e. The van der Waals surface area contributed by atoms with Crippen LogP contribution in [0.1, 0.15) is 38.2 Å². The standard InChI is InChI=1S/C12H22N4O/c1-8(12(2,3)4)15(5)11(17)10-9(13)7-14-16(10)6/h7-8H,13H2,1-6H3. The summed E-state index contributed by atoms with van der Waals surface area (Å²) in [6.45, 7) is 8.35. The predicted octanol–water partition coefficient (Wildman–Crippen LogP) is 1.51. The average molecular weight is 238 g/mol. The Morgan fingerprint density at radius 3 is 2.41 bits per heavy atom. The summed E-state index contributed by atoms with van der Waals surface area (Å²) in [5, 5.41) is 3.99. The average Bonchev–Trinajstić information content (AvgIpc) is 2.54. The van der Waals surface area contributed by atoms with Gasteiger partial charge in [0.2, 0.25) is 0 Å². The number of nitrogens with two attached hydrogens (primary N) is 1. The zero-order valence-electron chi connectivity index (χ0n) is 11.5. The van der Waals surface area contributed by atoms with E-state index in [1.165, 1.54) is 10.9 Å². The van der Waals surface area contributed by atoms with Crippen molar-refractivity contribution in [3.63, 3.8) is 0 Å². The molecule has 0 radical (unpaired) electrons. The van der Waals surface area contributed by atoms with Gasteiger partial charge in [0.15, 0.2) is 0 Å². The zero-order chi connectivity index (χ0) is 13.4.